The van der Waals surface area contributed by atoms with E-state index < -0.39 is 37.3 Å². The average molecular weight is 497 g/mol. The number of nitrogens with zero attached hydrogens (tertiary/aromatic N) is 4. The quantitative estimate of drug-likeness (QED) is 0.421. The van der Waals surface area contributed by atoms with Crippen molar-refractivity contribution in [2.75, 3.05) is 5.32 Å². The molecule has 2 fully saturated rings. The van der Waals surface area contributed by atoms with Crippen LogP contribution in [-0.4, -0.2) is 54.8 Å². The number of aromatic amines is 1. The summed E-state index contributed by atoms with van der Waals surface area (Å²) < 4.78 is 62.6. The van der Waals surface area contributed by atoms with Crippen molar-refractivity contribution < 1.29 is 31.8 Å². The highest BCUT2D eigenvalue weighted by molar-refractivity contribution is 5.69. The van der Waals surface area contributed by atoms with Crippen LogP contribution in [0.15, 0.2) is 24.5 Å². The smallest absolute Gasteiger partial charge is 0.443 e. The number of rotatable bonds is 7. The van der Waals surface area contributed by atoms with Crippen LogP contribution >= 0.6 is 0 Å². The van der Waals surface area contributed by atoms with Gasteiger partial charge in [-0.2, -0.15) is 5.10 Å². The molecule has 3 aromatic rings. The Bertz CT molecular complexity index is 1220. The standard InChI is InChI=1S/C21H23F4N7O3/c1-20(5-6-20)29-19(33)35-14-3-2-12(17(14)22)13-8-15(31-30-13)28-18-26-7-4-16-27-11(9-32(16)18)10-34-21(23,24)25/h4,7-9,12,14,17H,2-3,5-6,10H2,1H3,(H,29,33)(H2,26,28,30,31)/t12-,14-,17+/m1/s1. The fourth-order valence-corrected chi connectivity index (χ4v) is 4.09. The third-order valence-electron chi connectivity index (χ3n) is 6.22. The van der Waals surface area contributed by atoms with Crippen LogP contribution in [0.25, 0.3) is 5.65 Å². The van der Waals surface area contributed by atoms with Crippen molar-refractivity contribution in [3.63, 3.8) is 0 Å². The second-order valence-corrected chi connectivity index (χ2v) is 9.05. The van der Waals surface area contributed by atoms with E-state index in [1.807, 2.05) is 6.92 Å². The zero-order valence-electron chi connectivity index (χ0n) is 18.6. The van der Waals surface area contributed by atoms with E-state index in [-0.39, 0.29) is 17.2 Å². The van der Waals surface area contributed by atoms with Crippen LogP contribution in [-0.2, 0) is 16.1 Å². The molecule has 35 heavy (non-hydrogen) atoms. The highest BCUT2D eigenvalue weighted by Crippen LogP contribution is 2.39. The molecule has 3 atom stereocenters. The molecule has 0 aliphatic heterocycles. The minimum absolute atomic E-state index is 0.0677. The highest BCUT2D eigenvalue weighted by Gasteiger charge is 2.43. The molecule has 14 heteroatoms. The first-order valence-corrected chi connectivity index (χ1v) is 11.1. The molecule has 1 amide bonds. The van der Waals surface area contributed by atoms with Gasteiger partial charge in [0.2, 0.25) is 5.95 Å². The van der Waals surface area contributed by atoms with Gasteiger partial charge in [0, 0.05) is 35.6 Å². The number of halogens is 4. The van der Waals surface area contributed by atoms with E-state index in [2.05, 4.69) is 35.5 Å². The van der Waals surface area contributed by atoms with E-state index in [9.17, 15) is 18.0 Å². The lowest BCUT2D eigenvalue weighted by Crippen LogP contribution is -2.38. The van der Waals surface area contributed by atoms with Gasteiger partial charge in [0.15, 0.2) is 5.82 Å². The number of amides is 1. The molecule has 0 saturated heterocycles. The van der Waals surface area contributed by atoms with Crippen molar-refractivity contribution in [1.29, 1.82) is 0 Å². The van der Waals surface area contributed by atoms with E-state index in [0.29, 0.717) is 30.0 Å². The minimum Gasteiger partial charge on any atom is -0.443 e. The summed E-state index contributed by atoms with van der Waals surface area (Å²) in [5.41, 5.74) is 0.705. The lowest BCUT2D eigenvalue weighted by Gasteiger charge is -2.19. The topological polar surface area (TPSA) is 118 Å². The predicted octanol–water partition coefficient (Wildman–Crippen LogP) is 4.10. The first-order valence-electron chi connectivity index (χ1n) is 11.1. The summed E-state index contributed by atoms with van der Waals surface area (Å²) in [7, 11) is 0. The van der Waals surface area contributed by atoms with E-state index in [0.717, 1.165) is 12.8 Å². The Hall–Kier alpha value is -3.42. The van der Waals surface area contributed by atoms with Gasteiger partial charge in [-0.25, -0.2) is 19.2 Å². The summed E-state index contributed by atoms with van der Waals surface area (Å²) in [4.78, 5) is 20.3. The van der Waals surface area contributed by atoms with Crippen LogP contribution in [0.4, 0.5) is 34.1 Å². The number of alkyl halides is 4. The third-order valence-corrected chi connectivity index (χ3v) is 6.22. The van der Waals surface area contributed by atoms with Crippen molar-refractivity contribution in [2.45, 2.75) is 69.3 Å². The molecule has 0 unspecified atom stereocenters. The maximum absolute atomic E-state index is 15.1. The summed E-state index contributed by atoms with van der Waals surface area (Å²) in [5, 5.41) is 12.7. The summed E-state index contributed by atoms with van der Waals surface area (Å²) in [6, 6.07) is 3.15. The molecular formula is C21H23F4N7O3. The molecule has 5 rings (SSSR count). The lowest BCUT2D eigenvalue weighted by molar-refractivity contribution is -0.330. The second-order valence-electron chi connectivity index (χ2n) is 9.05. The Balaban J connectivity index is 1.24. The van der Waals surface area contributed by atoms with Crippen LogP contribution in [0.5, 0.6) is 0 Å². The molecule has 3 heterocycles. The maximum Gasteiger partial charge on any atom is 0.522 e. The normalized spacial score (nSPS) is 23.4. The van der Waals surface area contributed by atoms with Crippen LogP contribution in [0, 0.1) is 0 Å². The first-order chi connectivity index (χ1) is 16.6. The molecule has 0 aromatic carbocycles. The monoisotopic (exact) mass is 497 g/mol. The SMILES string of the molecule is CC1(NC(=O)O[C@@H]2CC[C@H](c3cc(Nc4nccc5nc(COC(F)(F)F)cn45)n[nH]3)[C@@H]2F)CC1. The number of carbonyl (C=O) groups is 1. The number of imidazole rings is 1. The van der Waals surface area contributed by atoms with E-state index >= 15 is 4.39 Å². The zero-order valence-corrected chi connectivity index (χ0v) is 18.6. The van der Waals surface area contributed by atoms with Crippen LogP contribution in [0.1, 0.15) is 49.9 Å². The molecule has 3 N–H and O–H groups in total. The number of fused-ring (bicyclic) bond motifs is 1. The number of H-pyrrole nitrogens is 1. The summed E-state index contributed by atoms with van der Waals surface area (Å²) in [6.45, 7) is 1.17. The summed E-state index contributed by atoms with van der Waals surface area (Å²) in [6.07, 6.45) is -2.20. The molecule has 3 aromatic heterocycles. The first kappa shape index (κ1) is 23.3. The van der Waals surface area contributed by atoms with Gasteiger partial charge < -0.3 is 15.4 Å². The van der Waals surface area contributed by atoms with Gasteiger partial charge in [-0.05, 0) is 38.7 Å². The molecule has 10 nitrogen and oxygen atoms in total. The molecule has 2 saturated carbocycles. The van der Waals surface area contributed by atoms with E-state index in [4.69, 9.17) is 4.74 Å². The van der Waals surface area contributed by atoms with Crippen molar-refractivity contribution in [2.24, 2.45) is 0 Å². The second kappa shape index (κ2) is 8.66. The molecular weight excluding hydrogens is 474 g/mol. The Morgan fingerprint density at radius 3 is 2.89 bits per heavy atom. The van der Waals surface area contributed by atoms with Gasteiger partial charge in [-0.1, -0.05) is 0 Å². The predicted molar refractivity (Wildman–Crippen MR) is 114 cm³/mol. The van der Waals surface area contributed by atoms with Crippen LogP contribution < -0.4 is 10.6 Å². The number of alkyl carbamates (subject to hydrolysis) is 1. The number of carbonyl (C=O) groups excluding carboxylic acids is 1. The van der Waals surface area contributed by atoms with E-state index in [1.165, 1.54) is 22.9 Å². The van der Waals surface area contributed by atoms with E-state index in [1.54, 1.807) is 6.07 Å². The molecule has 0 spiro atoms. The van der Waals surface area contributed by atoms with Crippen molar-refractivity contribution in [1.82, 2.24) is 29.9 Å². The van der Waals surface area contributed by atoms with Gasteiger partial charge in [0.1, 0.15) is 17.9 Å². The van der Waals surface area contributed by atoms with Crippen LogP contribution in [0.3, 0.4) is 0 Å². The van der Waals surface area contributed by atoms with Crippen molar-refractivity contribution in [3.05, 3.63) is 35.9 Å². The maximum atomic E-state index is 15.1. The van der Waals surface area contributed by atoms with Crippen molar-refractivity contribution in [3.8, 4) is 0 Å². The lowest BCUT2D eigenvalue weighted by atomic mass is 10.0. The highest BCUT2D eigenvalue weighted by atomic mass is 19.4. The third kappa shape index (κ3) is 5.31. The van der Waals surface area contributed by atoms with Gasteiger partial charge in [-0.3, -0.25) is 14.2 Å². The average Bonchev–Trinajstić information content (AvgIpc) is 3.14. The van der Waals surface area contributed by atoms with Gasteiger partial charge >= 0.3 is 12.5 Å². The van der Waals surface area contributed by atoms with Crippen LogP contribution in [0.2, 0.25) is 0 Å². The Kier molecular flexibility index (Phi) is 5.77. The van der Waals surface area contributed by atoms with Gasteiger partial charge in [0.25, 0.3) is 0 Å². The fraction of sp³-hybridized carbons (Fsp3) is 0.524. The Labute approximate surface area is 196 Å². The molecule has 0 radical (unpaired) electrons. The summed E-state index contributed by atoms with van der Waals surface area (Å²) in [5.74, 6) is 0.0502. The number of ether oxygens (including phenoxy) is 2. The Morgan fingerprint density at radius 2 is 2.14 bits per heavy atom. The fourth-order valence-electron chi connectivity index (χ4n) is 4.09. The number of anilines is 2. The zero-order chi connectivity index (χ0) is 24.8. The van der Waals surface area contributed by atoms with Gasteiger partial charge in [-0.15, -0.1) is 13.2 Å². The van der Waals surface area contributed by atoms with Crippen molar-refractivity contribution >= 4 is 23.5 Å². The molecule has 0 bridgehead atoms. The molecule has 188 valence electrons. The number of aromatic nitrogens is 5. The molecule has 2 aliphatic carbocycles. The summed E-state index contributed by atoms with van der Waals surface area (Å²) >= 11 is 0. The minimum atomic E-state index is -4.77. The van der Waals surface area contributed by atoms with Gasteiger partial charge in [0.05, 0.1) is 12.3 Å². The number of hydrogen-bond acceptors (Lipinski definition) is 7. The number of hydrogen-bond donors (Lipinski definition) is 3. The largest absolute Gasteiger partial charge is 0.522 e. The molecule has 2 aliphatic rings. The number of nitrogens with one attached hydrogen (secondary N) is 3. The Morgan fingerprint density at radius 1 is 1.34 bits per heavy atom.